The van der Waals surface area contributed by atoms with E-state index in [0.29, 0.717) is 22.8 Å². The Labute approximate surface area is 164 Å². The molecular weight excluding hydrogens is 354 g/mol. The summed E-state index contributed by atoms with van der Waals surface area (Å²) in [5.74, 6) is 1.07. The summed E-state index contributed by atoms with van der Waals surface area (Å²) in [6, 6.07) is 15.8. The van der Waals surface area contributed by atoms with Crippen LogP contribution >= 0.6 is 0 Å². The number of H-pyrrole nitrogens is 1. The van der Waals surface area contributed by atoms with Gasteiger partial charge in [0.2, 0.25) is 0 Å². The van der Waals surface area contributed by atoms with E-state index in [1.54, 1.807) is 26.5 Å². The zero-order valence-electron chi connectivity index (χ0n) is 16.4. The highest BCUT2D eigenvalue weighted by Gasteiger charge is 2.18. The Morgan fingerprint density at radius 3 is 2.57 bits per heavy atom. The maximum absolute atomic E-state index is 12.8. The first-order valence-corrected chi connectivity index (χ1v) is 9.23. The average Bonchev–Trinajstić information content (AvgIpc) is 3.22. The first-order valence-electron chi connectivity index (χ1n) is 9.23. The Kier molecular flexibility index (Phi) is 6.32. The third-order valence-corrected chi connectivity index (χ3v) is 4.64. The van der Waals surface area contributed by atoms with E-state index >= 15 is 0 Å². The van der Waals surface area contributed by atoms with E-state index in [1.807, 2.05) is 37.3 Å². The summed E-state index contributed by atoms with van der Waals surface area (Å²) in [4.78, 5) is 12.8. The third kappa shape index (κ3) is 4.52. The molecule has 1 amide bonds. The fourth-order valence-corrected chi connectivity index (χ4v) is 3.07. The van der Waals surface area contributed by atoms with E-state index in [4.69, 9.17) is 9.47 Å². The Hall–Kier alpha value is -3.28. The van der Waals surface area contributed by atoms with Crippen LogP contribution in [0.25, 0.3) is 11.3 Å². The summed E-state index contributed by atoms with van der Waals surface area (Å²) in [5.41, 5.74) is 3.21. The summed E-state index contributed by atoms with van der Waals surface area (Å²) in [7, 11) is 3.17. The first-order chi connectivity index (χ1) is 13.6. The van der Waals surface area contributed by atoms with Crippen molar-refractivity contribution >= 4 is 5.91 Å². The molecule has 0 saturated heterocycles. The minimum atomic E-state index is -0.154. The lowest BCUT2D eigenvalue weighted by atomic mass is 10.0. The molecule has 0 aliphatic carbocycles. The van der Waals surface area contributed by atoms with Crippen LogP contribution in [0.1, 0.15) is 29.3 Å². The standard InChI is InChI=1S/C22H25N3O3/c1-15(9-10-16-7-5-4-6-8-16)24-22(26)18-14-23-25-21(18)17-11-12-19(27-2)20(13-17)28-3/h4-8,11-15H,9-10H2,1-3H3,(H,23,25)(H,24,26)/t15-/m1/s1. The van der Waals surface area contributed by atoms with Gasteiger partial charge in [-0.15, -0.1) is 0 Å². The first kappa shape index (κ1) is 19.5. The van der Waals surface area contributed by atoms with E-state index in [-0.39, 0.29) is 11.9 Å². The van der Waals surface area contributed by atoms with E-state index in [9.17, 15) is 4.79 Å². The molecule has 2 aromatic carbocycles. The predicted octanol–water partition coefficient (Wildman–Crippen LogP) is 3.85. The summed E-state index contributed by atoms with van der Waals surface area (Å²) in [5, 5.41) is 10.0. The van der Waals surface area contributed by atoms with Gasteiger partial charge in [0.05, 0.1) is 31.7 Å². The highest BCUT2D eigenvalue weighted by atomic mass is 16.5. The minimum absolute atomic E-state index is 0.0425. The van der Waals surface area contributed by atoms with Crippen molar-refractivity contribution in [2.75, 3.05) is 14.2 Å². The number of hydrogen-bond acceptors (Lipinski definition) is 4. The molecular formula is C22H25N3O3. The number of aromatic amines is 1. The molecule has 3 aromatic rings. The normalized spacial score (nSPS) is 11.7. The SMILES string of the molecule is COc1ccc(-c2[nH]ncc2C(=O)N[C@H](C)CCc2ccccc2)cc1OC. The van der Waals surface area contributed by atoms with Gasteiger partial charge in [0, 0.05) is 11.6 Å². The van der Waals surface area contributed by atoms with Crippen molar-refractivity contribution in [3.63, 3.8) is 0 Å². The molecule has 0 unspecified atom stereocenters. The molecule has 0 aliphatic rings. The monoisotopic (exact) mass is 379 g/mol. The van der Waals surface area contributed by atoms with Gasteiger partial charge in [0.15, 0.2) is 11.5 Å². The number of carbonyl (C=O) groups excluding carboxylic acids is 1. The van der Waals surface area contributed by atoms with Crippen molar-refractivity contribution in [1.82, 2.24) is 15.5 Å². The van der Waals surface area contributed by atoms with Gasteiger partial charge in [-0.1, -0.05) is 30.3 Å². The Morgan fingerprint density at radius 2 is 1.86 bits per heavy atom. The van der Waals surface area contributed by atoms with Crippen LogP contribution in [0.2, 0.25) is 0 Å². The van der Waals surface area contributed by atoms with Crippen LogP contribution in [-0.2, 0) is 6.42 Å². The molecule has 3 rings (SSSR count). The number of rotatable bonds is 8. The van der Waals surface area contributed by atoms with Crippen LogP contribution in [0.4, 0.5) is 0 Å². The number of nitrogens with one attached hydrogen (secondary N) is 2. The second kappa shape index (κ2) is 9.08. The van der Waals surface area contributed by atoms with Gasteiger partial charge in [0.1, 0.15) is 0 Å². The van der Waals surface area contributed by atoms with Gasteiger partial charge in [-0.25, -0.2) is 0 Å². The lowest BCUT2D eigenvalue weighted by molar-refractivity contribution is 0.0939. The van der Waals surface area contributed by atoms with Crippen molar-refractivity contribution < 1.29 is 14.3 Å². The Bertz CT molecular complexity index is 922. The van der Waals surface area contributed by atoms with E-state index in [2.05, 4.69) is 27.6 Å². The van der Waals surface area contributed by atoms with Crippen LogP contribution in [0.15, 0.2) is 54.7 Å². The number of hydrogen-bond donors (Lipinski definition) is 2. The predicted molar refractivity (Wildman–Crippen MR) is 109 cm³/mol. The van der Waals surface area contributed by atoms with Crippen molar-refractivity contribution in [3.8, 4) is 22.8 Å². The summed E-state index contributed by atoms with van der Waals surface area (Å²) in [6.07, 6.45) is 3.32. The van der Waals surface area contributed by atoms with Crippen molar-refractivity contribution in [3.05, 3.63) is 65.9 Å². The van der Waals surface area contributed by atoms with Gasteiger partial charge in [0.25, 0.3) is 5.91 Å². The zero-order chi connectivity index (χ0) is 19.9. The molecule has 1 heterocycles. The van der Waals surface area contributed by atoms with Gasteiger partial charge >= 0.3 is 0 Å². The summed E-state index contributed by atoms with van der Waals surface area (Å²) >= 11 is 0. The van der Waals surface area contributed by atoms with Crippen LogP contribution in [0.3, 0.4) is 0 Å². The molecule has 0 bridgehead atoms. The topological polar surface area (TPSA) is 76.2 Å². The molecule has 0 radical (unpaired) electrons. The number of methoxy groups -OCH3 is 2. The largest absolute Gasteiger partial charge is 0.493 e. The second-order valence-electron chi connectivity index (χ2n) is 6.63. The fraction of sp³-hybridized carbons (Fsp3) is 0.273. The lowest BCUT2D eigenvalue weighted by Gasteiger charge is -2.14. The van der Waals surface area contributed by atoms with Crippen LogP contribution < -0.4 is 14.8 Å². The zero-order valence-corrected chi connectivity index (χ0v) is 16.4. The number of aromatic nitrogens is 2. The molecule has 6 nitrogen and oxygen atoms in total. The number of amides is 1. The molecule has 0 aliphatic heterocycles. The maximum atomic E-state index is 12.8. The second-order valence-corrected chi connectivity index (χ2v) is 6.63. The maximum Gasteiger partial charge on any atom is 0.255 e. The molecule has 2 N–H and O–H groups in total. The van der Waals surface area contributed by atoms with E-state index in [0.717, 1.165) is 18.4 Å². The minimum Gasteiger partial charge on any atom is -0.493 e. The quantitative estimate of drug-likeness (QED) is 0.623. The molecule has 0 fully saturated rings. The third-order valence-electron chi connectivity index (χ3n) is 4.64. The smallest absolute Gasteiger partial charge is 0.255 e. The highest BCUT2D eigenvalue weighted by molar-refractivity contribution is 6.00. The number of carbonyl (C=O) groups is 1. The Morgan fingerprint density at radius 1 is 1.11 bits per heavy atom. The highest BCUT2D eigenvalue weighted by Crippen LogP contribution is 2.32. The van der Waals surface area contributed by atoms with Crippen molar-refractivity contribution in [1.29, 1.82) is 0 Å². The molecule has 146 valence electrons. The van der Waals surface area contributed by atoms with Crippen LogP contribution in [0.5, 0.6) is 11.5 Å². The Balaban J connectivity index is 1.69. The number of ether oxygens (including phenoxy) is 2. The molecule has 28 heavy (non-hydrogen) atoms. The molecule has 0 saturated carbocycles. The fourth-order valence-electron chi connectivity index (χ4n) is 3.07. The van der Waals surface area contributed by atoms with Crippen molar-refractivity contribution in [2.24, 2.45) is 0 Å². The van der Waals surface area contributed by atoms with E-state index < -0.39 is 0 Å². The number of aryl methyl sites for hydroxylation is 1. The van der Waals surface area contributed by atoms with Crippen LogP contribution in [-0.4, -0.2) is 36.4 Å². The van der Waals surface area contributed by atoms with Gasteiger partial charge in [-0.2, -0.15) is 5.10 Å². The van der Waals surface area contributed by atoms with Crippen LogP contribution in [0, 0.1) is 0 Å². The van der Waals surface area contributed by atoms with Gasteiger partial charge in [-0.3, -0.25) is 9.89 Å². The molecule has 1 aromatic heterocycles. The van der Waals surface area contributed by atoms with Gasteiger partial charge in [-0.05, 0) is 43.5 Å². The average molecular weight is 379 g/mol. The molecule has 1 atom stereocenters. The molecule has 0 spiro atoms. The summed E-state index contributed by atoms with van der Waals surface area (Å²) in [6.45, 7) is 2.01. The lowest BCUT2D eigenvalue weighted by Crippen LogP contribution is -2.33. The summed E-state index contributed by atoms with van der Waals surface area (Å²) < 4.78 is 10.6. The van der Waals surface area contributed by atoms with Crippen molar-refractivity contribution in [2.45, 2.75) is 25.8 Å². The number of benzene rings is 2. The van der Waals surface area contributed by atoms with Gasteiger partial charge < -0.3 is 14.8 Å². The number of nitrogens with zero attached hydrogens (tertiary/aromatic N) is 1. The molecule has 6 heteroatoms. The van der Waals surface area contributed by atoms with E-state index in [1.165, 1.54) is 5.56 Å².